The fraction of sp³-hybridized carbons (Fsp3) is 0.750. The van der Waals surface area contributed by atoms with Crippen molar-refractivity contribution in [3.8, 4) is 0 Å². The maximum absolute atomic E-state index is 4.47. The van der Waals surface area contributed by atoms with Gasteiger partial charge >= 0.3 is 0 Å². The number of imidazole rings is 1. The van der Waals surface area contributed by atoms with E-state index in [9.17, 15) is 0 Å². The molecule has 1 heterocycles. The molecule has 0 radical (unpaired) electrons. The molecule has 0 aliphatic heterocycles. The lowest BCUT2D eigenvalue weighted by Crippen LogP contribution is -1.99. The summed E-state index contributed by atoms with van der Waals surface area (Å²) in [6, 6.07) is 0. The minimum absolute atomic E-state index is 1.13. The van der Waals surface area contributed by atoms with Crippen LogP contribution in [-0.2, 0) is 13.5 Å². The van der Waals surface area contributed by atoms with Crippen LogP contribution in [0.25, 0.3) is 0 Å². The Balaban J connectivity index is 2.49. The summed E-state index contributed by atoms with van der Waals surface area (Å²) in [4.78, 5) is 4.47. The highest BCUT2D eigenvalue weighted by Crippen LogP contribution is 2.13. The normalized spacial score (nSPS) is 10.9. The summed E-state index contributed by atoms with van der Waals surface area (Å²) in [5, 5.41) is 0. The zero-order valence-corrected chi connectivity index (χ0v) is 9.93. The molecule has 0 unspecified atom stereocenters. The summed E-state index contributed by atoms with van der Waals surface area (Å²) in [7, 11) is 2.12. The van der Waals surface area contributed by atoms with Gasteiger partial charge in [-0.2, -0.15) is 0 Å². The molecule has 0 spiro atoms. The average Bonchev–Trinajstić information content (AvgIpc) is 2.38. The van der Waals surface area contributed by atoms with E-state index in [0.29, 0.717) is 0 Å². The molecule has 2 heteroatoms. The first-order valence-electron chi connectivity index (χ1n) is 5.65. The fourth-order valence-corrected chi connectivity index (χ4v) is 1.89. The second-order valence-electron chi connectivity index (χ2n) is 4.06. The standard InChI is InChI=1S/C12H22N2/c1-5-6-7-8-9-12-10(2)13-11(3)14(12)4/h5-9H2,1-4H3. The molecule has 80 valence electrons. The molecule has 2 nitrogen and oxygen atoms in total. The van der Waals surface area contributed by atoms with Crippen LogP contribution in [0.2, 0.25) is 0 Å². The molecule has 0 aromatic carbocycles. The third kappa shape index (κ3) is 2.60. The Morgan fingerprint density at radius 1 is 1.14 bits per heavy atom. The molecule has 0 aliphatic rings. The molecule has 1 aromatic heterocycles. The van der Waals surface area contributed by atoms with E-state index in [1.165, 1.54) is 43.5 Å². The zero-order chi connectivity index (χ0) is 10.6. The molecule has 1 rings (SSSR count). The van der Waals surface area contributed by atoms with Gasteiger partial charge in [-0.1, -0.05) is 26.2 Å². The van der Waals surface area contributed by atoms with Gasteiger partial charge in [0.2, 0.25) is 0 Å². The Morgan fingerprint density at radius 2 is 1.86 bits per heavy atom. The van der Waals surface area contributed by atoms with Crippen LogP contribution in [-0.4, -0.2) is 9.55 Å². The average molecular weight is 194 g/mol. The largest absolute Gasteiger partial charge is 0.335 e. The van der Waals surface area contributed by atoms with E-state index < -0.39 is 0 Å². The van der Waals surface area contributed by atoms with Crippen LogP contribution in [0.3, 0.4) is 0 Å². The lowest BCUT2D eigenvalue weighted by Gasteiger charge is -2.04. The Morgan fingerprint density at radius 3 is 2.36 bits per heavy atom. The van der Waals surface area contributed by atoms with Crippen molar-refractivity contribution in [2.75, 3.05) is 0 Å². The Bertz CT molecular complexity index is 287. The second kappa shape index (κ2) is 5.18. The van der Waals surface area contributed by atoms with E-state index in [1.54, 1.807) is 0 Å². The predicted molar refractivity (Wildman–Crippen MR) is 60.5 cm³/mol. The summed E-state index contributed by atoms with van der Waals surface area (Å²) in [5.41, 5.74) is 2.63. The summed E-state index contributed by atoms with van der Waals surface area (Å²) >= 11 is 0. The zero-order valence-electron chi connectivity index (χ0n) is 9.93. The quantitative estimate of drug-likeness (QED) is 0.658. The van der Waals surface area contributed by atoms with Gasteiger partial charge < -0.3 is 4.57 Å². The van der Waals surface area contributed by atoms with Gasteiger partial charge in [-0.25, -0.2) is 4.98 Å². The minimum atomic E-state index is 1.13. The second-order valence-corrected chi connectivity index (χ2v) is 4.06. The number of hydrogen-bond donors (Lipinski definition) is 0. The summed E-state index contributed by atoms with van der Waals surface area (Å²) < 4.78 is 2.22. The number of nitrogens with zero attached hydrogens (tertiary/aromatic N) is 2. The first-order valence-corrected chi connectivity index (χ1v) is 5.65. The molecule has 0 amide bonds. The predicted octanol–water partition coefficient (Wildman–Crippen LogP) is 3.16. The van der Waals surface area contributed by atoms with Crippen molar-refractivity contribution in [3.05, 3.63) is 17.2 Å². The molecule has 0 fully saturated rings. The van der Waals surface area contributed by atoms with Crippen molar-refractivity contribution in [3.63, 3.8) is 0 Å². The minimum Gasteiger partial charge on any atom is -0.335 e. The number of aromatic nitrogens is 2. The fourth-order valence-electron chi connectivity index (χ4n) is 1.89. The van der Waals surface area contributed by atoms with Crippen molar-refractivity contribution >= 4 is 0 Å². The number of aryl methyl sites for hydroxylation is 2. The van der Waals surface area contributed by atoms with Gasteiger partial charge in [-0.3, -0.25) is 0 Å². The molecule has 0 bridgehead atoms. The van der Waals surface area contributed by atoms with E-state index in [1.807, 2.05) is 0 Å². The number of rotatable bonds is 5. The van der Waals surface area contributed by atoms with Gasteiger partial charge in [0, 0.05) is 12.7 Å². The van der Waals surface area contributed by atoms with Crippen molar-refractivity contribution in [2.45, 2.75) is 52.9 Å². The Labute approximate surface area is 87.4 Å². The van der Waals surface area contributed by atoms with Crippen molar-refractivity contribution in [2.24, 2.45) is 7.05 Å². The van der Waals surface area contributed by atoms with Gasteiger partial charge in [-0.15, -0.1) is 0 Å². The molecule has 14 heavy (non-hydrogen) atoms. The van der Waals surface area contributed by atoms with E-state index in [4.69, 9.17) is 0 Å². The maximum Gasteiger partial charge on any atom is 0.105 e. The highest BCUT2D eigenvalue weighted by Gasteiger charge is 2.07. The summed E-state index contributed by atoms with van der Waals surface area (Å²) in [6.45, 7) is 6.43. The highest BCUT2D eigenvalue weighted by molar-refractivity contribution is 5.14. The highest BCUT2D eigenvalue weighted by atomic mass is 15.1. The Kier molecular flexibility index (Phi) is 4.18. The summed E-state index contributed by atoms with van der Waals surface area (Å²) in [6.07, 6.45) is 6.50. The third-order valence-electron chi connectivity index (χ3n) is 2.90. The smallest absolute Gasteiger partial charge is 0.105 e. The first kappa shape index (κ1) is 11.3. The SMILES string of the molecule is CCCCCCc1c(C)nc(C)n1C. The van der Waals surface area contributed by atoms with Crippen molar-refractivity contribution in [1.29, 1.82) is 0 Å². The van der Waals surface area contributed by atoms with Crippen LogP contribution in [0.4, 0.5) is 0 Å². The Hall–Kier alpha value is -0.790. The molecule has 0 N–H and O–H groups in total. The van der Waals surface area contributed by atoms with Gasteiger partial charge in [-0.05, 0) is 26.7 Å². The monoisotopic (exact) mass is 194 g/mol. The maximum atomic E-state index is 4.47. The third-order valence-corrected chi connectivity index (χ3v) is 2.90. The van der Waals surface area contributed by atoms with Crippen molar-refractivity contribution < 1.29 is 0 Å². The molecule has 0 saturated carbocycles. The number of hydrogen-bond acceptors (Lipinski definition) is 1. The molecular formula is C12H22N2. The van der Waals surface area contributed by atoms with E-state index in [0.717, 1.165) is 5.82 Å². The molecule has 0 saturated heterocycles. The van der Waals surface area contributed by atoms with Crippen LogP contribution < -0.4 is 0 Å². The van der Waals surface area contributed by atoms with Crippen LogP contribution in [0, 0.1) is 13.8 Å². The van der Waals surface area contributed by atoms with E-state index >= 15 is 0 Å². The van der Waals surface area contributed by atoms with Crippen molar-refractivity contribution in [1.82, 2.24) is 9.55 Å². The number of unbranched alkanes of at least 4 members (excludes halogenated alkanes) is 3. The van der Waals surface area contributed by atoms with Gasteiger partial charge in [0.25, 0.3) is 0 Å². The summed E-state index contributed by atoms with van der Waals surface area (Å²) in [5.74, 6) is 1.13. The topological polar surface area (TPSA) is 17.8 Å². The molecule has 0 aliphatic carbocycles. The van der Waals surface area contributed by atoms with Crippen LogP contribution in [0.5, 0.6) is 0 Å². The van der Waals surface area contributed by atoms with Crippen LogP contribution in [0.1, 0.15) is 49.8 Å². The van der Waals surface area contributed by atoms with E-state index in [2.05, 4.69) is 37.4 Å². The first-order chi connectivity index (χ1) is 6.66. The van der Waals surface area contributed by atoms with Crippen LogP contribution in [0.15, 0.2) is 0 Å². The van der Waals surface area contributed by atoms with E-state index in [-0.39, 0.29) is 0 Å². The molecule has 1 aromatic rings. The lowest BCUT2D eigenvalue weighted by atomic mass is 10.1. The van der Waals surface area contributed by atoms with Gasteiger partial charge in [0.05, 0.1) is 5.69 Å². The van der Waals surface area contributed by atoms with Gasteiger partial charge in [0.1, 0.15) is 5.82 Å². The van der Waals surface area contributed by atoms with Crippen LogP contribution >= 0.6 is 0 Å². The molecule has 0 atom stereocenters. The van der Waals surface area contributed by atoms with Gasteiger partial charge in [0.15, 0.2) is 0 Å². The molecular weight excluding hydrogens is 172 g/mol. The lowest BCUT2D eigenvalue weighted by molar-refractivity contribution is 0.644.